The number of rotatable bonds is 5. The summed E-state index contributed by atoms with van der Waals surface area (Å²) in [5, 5.41) is 0.979. The lowest BCUT2D eigenvalue weighted by Gasteiger charge is -2.06. The average Bonchev–Trinajstić information content (AvgIpc) is 3.09. The van der Waals surface area contributed by atoms with Gasteiger partial charge in [0.2, 0.25) is 0 Å². The Hall–Kier alpha value is -3.33. The topological polar surface area (TPSA) is 39.4 Å². The lowest BCUT2D eigenvalue weighted by Crippen LogP contribution is -2.07. The van der Waals surface area contributed by atoms with Gasteiger partial charge in [0.05, 0.1) is 12.7 Å². The first-order chi connectivity index (χ1) is 13.6. The van der Waals surface area contributed by atoms with Crippen molar-refractivity contribution in [3.05, 3.63) is 95.2 Å². The first-order valence-electron chi connectivity index (χ1n) is 9.37. The standard InChI is InChI=1S/C25H22O3/c1-17-12-23-22(16-27-24(23)13-18(17)2)14-25(26)28-15-19-8-10-21(11-9-19)20-6-4-3-5-7-20/h3-13,16H,14-15H2,1-2H3. The molecule has 4 rings (SSSR count). The Morgan fingerprint density at radius 2 is 1.57 bits per heavy atom. The molecule has 0 radical (unpaired) electrons. The summed E-state index contributed by atoms with van der Waals surface area (Å²) >= 11 is 0. The molecule has 0 saturated heterocycles. The maximum absolute atomic E-state index is 12.3. The second kappa shape index (κ2) is 7.73. The van der Waals surface area contributed by atoms with Gasteiger partial charge in [-0.2, -0.15) is 0 Å². The van der Waals surface area contributed by atoms with Crippen molar-refractivity contribution in [1.29, 1.82) is 0 Å². The van der Waals surface area contributed by atoms with E-state index in [0.29, 0.717) is 0 Å². The molecule has 0 N–H and O–H groups in total. The molecule has 3 heteroatoms. The van der Waals surface area contributed by atoms with E-state index in [1.807, 2.05) is 55.5 Å². The Labute approximate surface area is 164 Å². The van der Waals surface area contributed by atoms with Crippen molar-refractivity contribution in [2.45, 2.75) is 26.9 Å². The molecular formula is C25H22O3. The minimum atomic E-state index is -0.256. The van der Waals surface area contributed by atoms with E-state index in [4.69, 9.17) is 9.15 Å². The van der Waals surface area contributed by atoms with Gasteiger partial charge >= 0.3 is 5.97 Å². The zero-order valence-corrected chi connectivity index (χ0v) is 16.1. The van der Waals surface area contributed by atoms with Crippen molar-refractivity contribution in [3.63, 3.8) is 0 Å². The van der Waals surface area contributed by atoms with E-state index >= 15 is 0 Å². The van der Waals surface area contributed by atoms with Gasteiger partial charge < -0.3 is 9.15 Å². The summed E-state index contributed by atoms with van der Waals surface area (Å²) < 4.78 is 11.1. The Bertz CT molecular complexity index is 1110. The molecule has 4 aromatic rings. The van der Waals surface area contributed by atoms with E-state index in [0.717, 1.165) is 27.7 Å². The van der Waals surface area contributed by atoms with Gasteiger partial charge in [0.15, 0.2) is 0 Å². The second-order valence-corrected chi connectivity index (χ2v) is 7.09. The number of carbonyl (C=O) groups excluding carboxylic acids is 1. The minimum absolute atomic E-state index is 0.206. The van der Waals surface area contributed by atoms with Crippen LogP contribution in [0.4, 0.5) is 0 Å². The highest BCUT2D eigenvalue weighted by molar-refractivity contribution is 5.86. The number of carbonyl (C=O) groups is 1. The number of fused-ring (bicyclic) bond motifs is 1. The maximum Gasteiger partial charge on any atom is 0.310 e. The molecule has 1 heterocycles. The SMILES string of the molecule is Cc1cc2occ(CC(=O)OCc3ccc(-c4ccccc4)cc3)c2cc1C. The monoisotopic (exact) mass is 370 g/mol. The van der Waals surface area contributed by atoms with Crippen molar-refractivity contribution in [2.24, 2.45) is 0 Å². The van der Waals surface area contributed by atoms with E-state index in [9.17, 15) is 4.79 Å². The number of hydrogen-bond donors (Lipinski definition) is 0. The molecule has 0 bridgehead atoms. The van der Waals surface area contributed by atoms with Crippen molar-refractivity contribution in [1.82, 2.24) is 0 Å². The van der Waals surface area contributed by atoms with Crippen LogP contribution in [-0.2, 0) is 22.6 Å². The van der Waals surface area contributed by atoms with Gasteiger partial charge in [0.1, 0.15) is 12.2 Å². The van der Waals surface area contributed by atoms with Gasteiger partial charge in [0.25, 0.3) is 0 Å². The summed E-state index contributed by atoms with van der Waals surface area (Å²) in [5.74, 6) is -0.256. The molecule has 3 aromatic carbocycles. The summed E-state index contributed by atoms with van der Waals surface area (Å²) in [7, 11) is 0. The van der Waals surface area contributed by atoms with E-state index < -0.39 is 0 Å². The average molecular weight is 370 g/mol. The van der Waals surface area contributed by atoms with Crippen LogP contribution >= 0.6 is 0 Å². The quantitative estimate of drug-likeness (QED) is 0.404. The predicted molar refractivity (Wildman–Crippen MR) is 111 cm³/mol. The number of esters is 1. The molecule has 3 nitrogen and oxygen atoms in total. The van der Waals surface area contributed by atoms with Crippen LogP contribution in [0.15, 0.2) is 77.4 Å². The van der Waals surface area contributed by atoms with E-state index in [1.54, 1.807) is 6.26 Å². The molecule has 0 aliphatic carbocycles. The fourth-order valence-electron chi connectivity index (χ4n) is 3.27. The van der Waals surface area contributed by atoms with Gasteiger partial charge in [-0.1, -0.05) is 54.6 Å². The molecule has 0 atom stereocenters. The second-order valence-electron chi connectivity index (χ2n) is 7.09. The van der Waals surface area contributed by atoms with Crippen molar-refractivity contribution in [2.75, 3.05) is 0 Å². The van der Waals surface area contributed by atoms with Gasteiger partial charge in [-0.15, -0.1) is 0 Å². The van der Waals surface area contributed by atoms with Gasteiger partial charge in [0, 0.05) is 10.9 Å². The number of benzene rings is 3. The molecule has 0 fully saturated rings. The Kier molecular flexibility index (Phi) is 4.98. The Morgan fingerprint density at radius 1 is 0.893 bits per heavy atom. The maximum atomic E-state index is 12.3. The molecule has 0 aliphatic heterocycles. The van der Waals surface area contributed by atoms with Crippen LogP contribution in [0.3, 0.4) is 0 Å². The molecular weight excluding hydrogens is 348 g/mol. The molecule has 0 unspecified atom stereocenters. The largest absolute Gasteiger partial charge is 0.464 e. The number of hydrogen-bond acceptors (Lipinski definition) is 3. The highest BCUT2D eigenvalue weighted by Crippen LogP contribution is 2.25. The number of ether oxygens (including phenoxy) is 1. The molecule has 140 valence electrons. The van der Waals surface area contributed by atoms with Crippen LogP contribution in [0.2, 0.25) is 0 Å². The van der Waals surface area contributed by atoms with Crippen LogP contribution in [0, 0.1) is 13.8 Å². The fraction of sp³-hybridized carbons (Fsp3) is 0.160. The summed E-state index contributed by atoms with van der Waals surface area (Å²) in [6.07, 6.45) is 1.86. The fourth-order valence-corrected chi connectivity index (χ4v) is 3.27. The van der Waals surface area contributed by atoms with Crippen LogP contribution in [0.25, 0.3) is 22.1 Å². The normalized spacial score (nSPS) is 10.9. The lowest BCUT2D eigenvalue weighted by atomic mass is 10.0. The molecule has 0 aliphatic rings. The molecule has 0 saturated carbocycles. The summed E-state index contributed by atoms with van der Waals surface area (Å²) in [6.45, 7) is 4.37. The van der Waals surface area contributed by atoms with Crippen LogP contribution < -0.4 is 0 Å². The molecule has 0 amide bonds. The first kappa shape index (κ1) is 18.1. The molecule has 0 spiro atoms. The Balaban J connectivity index is 1.39. The highest BCUT2D eigenvalue weighted by atomic mass is 16.5. The van der Waals surface area contributed by atoms with Crippen molar-refractivity contribution >= 4 is 16.9 Å². The first-order valence-corrected chi connectivity index (χ1v) is 9.37. The summed E-state index contributed by atoms with van der Waals surface area (Å²) in [4.78, 5) is 12.3. The Morgan fingerprint density at radius 3 is 2.32 bits per heavy atom. The minimum Gasteiger partial charge on any atom is -0.464 e. The lowest BCUT2D eigenvalue weighted by molar-refractivity contribution is -0.144. The van der Waals surface area contributed by atoms with Gasteiger partial charge in [-0.05, 0) is 53.8 Å². The zero-order chi connectivity index (χ0) is 19.5. The zero-order valence-electron chi connectivity index (χ0n) is 16.1. The number of furan rings is 1. The molecule has 28 heavy (non-hydrogen) atoms. The number of aryl methyl sites for hydroxylation is 2. The van der Waals surface area contributed by atoms with Gasteiger partial charge in [-0.25, -0.2) is 0 Å². The third-order valence-electron chi connectivity index (χ3n) is 5.07. The highest BCUT2D eigenvalue weighted by Gasteiger charge is 2.13. The van der Waals surface area contributed by atoms with Crippen LogP contribution in [-0.4, -0.2) is 5.97 Å². The van der Waals surface area contributed by atoms with Crippen molar-refractivity contribution in [3.8, 4) is 11.1 Å². The van der Waals surface area contributed by atoms with Crippen LogP contribution in [0.5, 0.6) is 0 Å². The summed E-state index contributed by atoms with van der Waals surface area (Å²) in [6, 6.07) is 22.4. The summed E-state index contributed by atoms with van der Waals surface area (Å²) in [5.41, 5.74) is 7.31. The van der Waals surface area contributed by atoms with E-state index in [-0.39, 0.29) is 19.0 Å². The molecule has 1 aromatic heterocycles. The third kappa shape index (κ3) is 3.84. The van der Waals surface area contributed by atoms with E-state index in [1.165, 1.54) is 16.7 Å². The van der Waals surface area contributed by atoms with Crippen molar-refractivity contribution < 1.29 is 13.9 Å². The predicted octanol–water partition coefficient (Wildman–Crippen LogP) is 6.00. The van der Waals surface area contributed by atoms with Crippen LogP contribution in [0.1, 0.15) is 22.3 Å². The smallest absolute Gasteiger partial charge is 0.310 e. The third-order valence-corrected chi connectivity index (χ3v) is 5.07. The van der Waals surface area contributed by atoms with Gasteiger partial charge in [-0.3, -0.25) is 4.79 Å². The van der Waals surface area contributed by atoms with E-state index in [2.05, 4.69) is 25.1 Å².